The summed E-state index contributed by atoms with van der Waals surface area (Å²) >= 11 is 0. The molecular weight excluding hydrogens is 228 g/mol. The molecule has 0 aromatic rings. The smallest absolute Gasteiger partial charge is 0.334 e. The predicted octanol–water partition coefficient (Wildman–Crippen LogP) is 2.36. The molecule has 3 nitrogen and oxygen atoms in total. The first-order valence-corrected chi connectivity index (χ1v) is 6.75. The summed E-state index contributed by atoms with van der Waals surface area (Å²) in [5.41, 5.74) is 2.49. The molecule has 0 aromatic carbocycles. The van der Waals surface area contributed by atoms with Crippen LogP contribution < -0.4 is 0 Å². The molecule has 0 saturated heterocycles. The second-order valence-corrected chi connectivity index (χ2v) is 6.07. The average molecular weight is 248 g/mol. The van der Waals surface area contributed by atoms with Gasteiger partial charge in [-0.1, -0.05) is 25.5 Å². The van der Waals surface area contributed by atoms with Crippen molar-refractivity contribution in [2.45, 2.75) is 52.2 Å². The molecule has 1 fully saturated rings. The Hall–Kier alpha value is -1.09. The molecule has 0 amide bonds. The zero-order valence-corrected chi connectivity index (χ0v) is 11.2. The maximum atomic E-state index is 11.7. The Kier molecular flexibility index (Phi) is 2.46. The third-order valence-corrected chi connectivity index (χ3v) is 5.31. The quantitative estimate of drug-likeness (QED) is 0.529. The number of aliphatic hydroxyl groups is 1. The van der Waals surface area contributed by atoms with Crippen LogP contribution in [-0.4, -0.2) is 23.3 Å². The maximum Gasteiger partial charge on any atom is 0.334 e. The van der Waals surface area contributed by atoms with Gasteiger partial charge in [-0.05, 0) is 25.7 Å². The van der Waals surface area contributed by atoms with Gasteiger partial charge >= 0.3 is 5.97 Å². The zero-order chi connectivity index (χ0) is 13.1. The van der Waals surface area contributed by atoms with Crippen LogP contribution in [0.2, 0.25) is 0 Å². The molecule has 3 rings (SSSR count). The van der Waals surface area contributed by atoms with Gasteiger partial charge < -0.3 is 9.84 Å². The summed E-state index contributed by atoms with van der Waals surface area (Å²) in [6, 6.07) is 0. The second kappa shape index (κ2) is 3.70. The van der Waals surface area contributed by atoms with E-state index in [9.17, 15) is 9.90 Å². The lowest BCUT2D eigenvalue weighted by Gasteiger charge is -2.49. The van der Waals surface area contributed by atoms with E-state index in [-0.39, 0.29) is 17.5 Å². The second-order valence-electron chi connectivity index (χ2n) is 6.07. The van der Waals surface area contributed by atoms with Crippen molar-refractivity contribution in [3.63, 3.8) is 0 Å². The minimum Gasteiger partial charge on any atom is -0.454 e. The number of hydrogen-bond donors (Lipinski definition) is 1. The highest BCUT2D eigenvalue weighted by molar-refractivity contribution is 5.92. The van der Waals surface area contributed by atoms with Gasteiger partial charge in [0.1, 0.15) is 6.10 Å². The first-order valence-electron chi connectivity index (χ1n) is 6.75. The molecule has 0 radical (unpaired) electrons. The first kappa shape index (κ1) is 12.0. The van der Waals surface area contributed by atoms with Gasteiger partial charge in [-0.3, -0.25) is 0 Å². The van der Waals surface area contributed by atoms with Gasteiger partial charge in [-0.2, -0.15) is 0 Å². The van der Waals surface area contributed by atoms with E-state index < -0.39 is 6.10 Å². The lowest BCUT2D eigenvalue weighted by molar-refractivity contribution is -0.140. The van der Waals surface area contributed by atoms with Crippen LogP contribution >= 0.6 is 0 Å². The third-order valence-electron chi connectivity index (χ3n) is 5.31. The molecule has 1 N–H and O–H groups in total. The van der Waals surface area contributed by atoms with Crippen molar-refractivity contribution in [2.24, 2.45) is 11.3 Å². The normalized spacial score (nSPS) is 43.2. The van der Waals surface area contributed by atoms with Crippen LogP contribution in [0, 0.1) is 11.3 Å². The van der Waals surface area contributed by atoms with Gasteiger partial charge in [-0.25, -0.2) is 4.79 Å². The van der Waals surface area contributed by atoms with E-state index in [0.29, 0.717) is 11.5 Å². The topological polar surface area (TPSA) is 46.5 Å². The van der Waals surface area contributed by atoms with Gasteiger partial charge in [0.25, 0.3) is 0 Å². The molecule has 4 unspecified atom stereocenters. The van der Waals surface area contributed by atoms with E-state index in [1.807, 2.05) is 0 Å². The van der Waals surface area contributed by atoms with E-state index in [1.54, 1.807) is 6.92 Å². The Morgan fingerprint density at radius 2 is 2.22 bits per heavy atom. The molecule has 3 heteroatoms. The Balaban J connectivity index is 2.11. The fourth-order valence-corrected chi connectivity index (χ4v) is 3.79. The van der Waals surface area contributed by atoms with Crippen molar-refractivity contribution in [3.8, 4) is 0 Å². The van der Waals surface area contributed by atoms with Crippen molar-refractivity contribution in [3.05, 3.63) is 22.8 Å². The van der Waals surface area contributed by atoms with E-state index in [1.165, 1.54) is 5.57 Å². The monoisotopic (exact) mass is 248 g/mol. The van der Waals surface area contributed by atoms with Gasteiger partial charge in [0, 0.05) is 23.0 Å². The summed E-state index contributed by atoms with van der Waals surface area (Å²) < 4.78 is 5.36. The molecule has 0 aromatic heterocycles. The van der Waals surface area contributed by atoms with Crippen LogP contribution in [0.3, 0.4) is 0 Å². The predicted molar refractivity (Wildman–Crippen MR) is 67.8 cm³/mol. The van der Waals surface area contributed by atoms with Crippen LogP contribution in [0.5, 0.6) is 0 Å². The molecule has 3 aliphatic rings. The number of esters is 1. The molecule has 18 heavy (non-hydrogen) atoms. The standard InChI is InChI=1S/C15H20O3/c1-8-5-4-6-10-7-11-12(9(2)14(17)18-11)13(16)15(8,10)3/h6,8,11,13,16H,4-5,7H2,1-3H3. The van der Waals surface area contributed by atoms with E-state index >= 15 is 0 Å². The molecule has 2 aliphatic carbocycles. The van der Waals surface area contributed by atoms with Gasteiger partial charge in [0.05, 0.1) is 6.10 Å². The number of allylic oxidation sites excluding steroid dienone is 1. The summed E-state index contributed by atoms with van der Waals surface area (Å²) in [7, 11) is 0. The third kappa shape index (κ3) is 1.31. The van der Waals surface area contributed by atoms with Crippen LogP contribution in [0.25, 0.3) is 0 Å². The Morgan fingerprint density at radius 3 is 2.94 bits per heavy atom. The molecule has 0 bridgehead atoms. The SMILES string of the molecule is CC1=C2C(CC3=CCCC(C)C3(C)C2O)OC1=O. The van der Waals surface area contributed by atoms with Crippen molar-refractivity contribution >= 4 is 5.97 Å². The first-order chi connectivity index (χ1) is 8.46. The Bertz CT molecular complexity index is 474. The highest BCUT2D eigenvalue weighted by Crippen LogP contribution is 2.54. The van der Waals surface area contributed by atoms with Crippen molar-refractivity contribution in [1.29, 1.82) is 0 Å². The van der Waals surface area contributed by atoms with Crippen LogP contribution in [0.4, 0.5) is 0 Å². The average Bonchev–Trinajstić information content (AvgIpc) is 2.60. The van der Waals surface area contributed by atoms with Gasteiger partial charge in [0.2, 0.25) is 0 Å². The van der Waals surface area contributed by atoms with Crippen LogP contribution in [-0.2, 0) is 9.53 Å². The van der Waals surface area contributed by atoms with E-state index in [2.05, 4.69) is 19.9 Å². The summed E-state index contributed by atoms with van der Waals surface area (Å²) in [6.07, 6.45) is 4.36. The molecule has 98 valence electrons. The van der Waals surface area contributed by atoms with Gasteiger partial charge in [-0.15, -0.1) is 0 Å². The summed E-state index contributed by atoms with van der Waals surface area (Å²) in [5.74, 6) is 0.175. The lowest BCUT2D eigenvalue weighted by Crippen LogP contribution is -2.49. The number of carbonyl (C=O) groups excluding carboxylic acids is 1. The number of aliphatic hydroxyl groups excluding tert-OH is 1. The summed E-state index contributed by atoms with van der Waals surface area (Å²) in [6.45, 7) is 6.10. The summed E-state index contributed by atoms with van der Waals surface area (Å²) in [5, 5.41) is 10.8. The fraction of sp³-hybridized carbons (Fsp3) is 0.667. The number of hydrogen-bond acceptors (Lipinski definition) is 3. The van der Waals surface area contributed by atoms with Crippen molar-refractivity contribution in [1.82, 2.24) is 0 Å². The molecule has 4 atom stereocenters. The molecule has 1 heterocycles. The van der Waals surface area contributed by atoms with Crippen LogP contribution in [0.15, 0.2) is 22.8 Å². The zero-order valence-electron chi connectivity index (χ0n) is 11.2. The maximum absolute atomic E-state index is 11.7. The van der Waals surface area contributed by atoms with E-state index in [0.717, 1.165) is 24.8 Å². The minimum absolute atomic E-state index is 0.223. The fourth-order valence-electron chi connectivity index (χ4n) is 3.79. The highest BCUT2D eigenvalue weighted by atomic mass is 16.5. The summed E-state index contributed by atoms with van der Waals surface area (Å²) in [4.78, 5) is 11.7. The number of carbonyl (C=O) groups is 1. The molecule has 1 saturated carbocycles. The minimum atomic E-state index is -0.579. The molecule has 1 aliphatic heterocycles. The molecular formula is C15H20O3. The van der Waals surface area contributed by atoms with Crippen LogP contribution in [0.1, 0.15) is 40.0 Å². The largest absolute Gasteiger partial charge is 0.454 e. The highest BCUT2D eigenvalue weighted by Gasteiger charge is 2.53. The van der Waals surface area contributed by atoms with Crippen molar-refractivity contribution < 1.29 is 14.6 Å². The Labute approximate surface area is 108 Å². The molecule has 0 spiro atoms. The van der Waals surface area contributed by atoms with Gasteiger partial charge in [0.15, 0.2) is 0 Å². The number of fused-ring (bicyclic) bond motifs is 2. The Morgan fingerprint density at radius 1 is 1.50 bits per heavy atom. The van der Waals surface area contributed by atoms with Crippen molar-refractivity contribution in [2.75, 3.05) is 0 Å². The van der Waals surface area contributed by atoms with E-state index in [4.69, 9.17) is 4.74 Å². The lowest BCUT2D eigenvalue weighted by atomic mass is 9.57. The number of rotatable bonds is 0. The number of ether oxygens (including phenoxy) is 1.